The maximum Gasteiger partial charge on any atom is 0.405 e. The van der Waals surface area contributed by atoms with Crippen molar-refractivity contribution < 1.29 is 18.0 Å². The van der Waals surface area contributed by atoms with Gasteiger partial charge in [-0.25, -0.2) is 9.97 Å². The highest BCUT2D eigenvalue weighted by Crippen LogP contribution is 2.12. The number of carbonyl (C=O) groups excluding carboxylic acids is 1. The summed E-state index contributed by atoms with van der Waals surface area (Å²) in [6, 6.07) is 0. The third kappa shape index (κ3) is 4.98. The zero-order chi connectivity index (χ0) is 13.6. The molecule has 1 aromatic heterocycles. The molecule has 0 saturated carbocycles. The number of hydrogen-bond donors (Lipinski definition) is 2. The molecule has 1 rings (SSSR count). The number of rotatable bonds is 5. The van der Waals surface area contributed by atoms with Crippen LogP contribution >= 0.6 is 0 Å². The fourth-order valence-electron chi connectivity index (χ4n) is 1.06. The fourth-order valence-corrected chi connectivity index (χ4v) is 1.06. The average Bonchev–Trinajstić information content (AvgIpc) is 2.33. The number of nitrogens with one attached hydrogen (secondary N) is 2. The molecule has 0 saturated heterocycles. The Hall–Kier alpha value is -1.86. The normalized spacial score (nSPS) is 11.1. The molecule has 1 heterocycles. The quantitative estimate of drug-likeness (QED) is 0.845. The van der Waals surface area contributed by atoms with Crippen molar-refractivity contribution in [3.8, 4) is 0 Å². The van der Waals surface area contributed by atoms with Crippen LogP contribution in [-0.2, 0) is 0 Å². The molecule has 0 bridgehead atoms. The molecule has 0 aromatic carbocycles. The molecular weight excluding hydrogens is 249 g/mol. The predicted molar refractivity (Wildman–Crippen MR) is 59.2 cm³/mol. The van der Waals surface area contributed by atoms with Crippen LogP contribution < -0.4 is 10.6 Å². The van der Waals surface area contributed by atoms with Crippen LogP contribution in [-0.4, -0.2) is 35.1 Å². The minimum Gasteiger partial charge on any atom is -0.369 e. The topological polar surface area (TPSA) is 66.9 Å². The van der Waals surface area contributed by atoms with Gasteiger partial charge in [-0.1, -0.05) is 6.92 Å². The van der Waals surface area contributed by atoms with Crippen molar-refractivity contribution in [1.82, 2.24) is 15.3 Å². The molecule has 0 spiro atoms. The average molecular weight is 262 g/mol. The Morgan fingerprint density at radius 1 is 1.33 bits per heavy atom. The molecule has 100 valence electrons. The van der Waals surface area contributed by atoms with Gasteiger partial charge in [0.15, 0.2) is 0 Å². The molecule has 1 amide bonds. The molecule has 8 heteroatoms. The first-order chi connectivity index (χ1) is 8.42. The van der Waals surface area contributed by atoms with Gasteiger partial charge < -0.3 is 10.6 Å². The van der Waals surface area contributed by atoms with Gasteiger partial charge in [-0.3, -0.25) is 4.79 Å². The summed E-state index contributed by atoms with van der Waals surface area (Å²) in [5, 5.41) is 4.65. The van der Waals surface area contributed by atoms with Crippen molar-refractivity contribution in [1.29, 1.82) is 0 Å². The van der Waals surface area contributed by atoms with Gasteiger partial charge in [-0.2, -0.15) is 13.2 Å². The van der Waals surface area contributed by atoms with E-state index in [2.05, 4.69) is 15.3 Å². The minimum atomic E-state index is -4.44. The van der Waals surface area contributed by atoms with Crippen molar-refractivity contribution >= 4 is 11.7 Å². The first-order valence-corrected chi connectivity index (χ1v) is 5.33. The predicted octanol–water partition coefficient (Wildman–Crippen LogP) is 1.59. The minimum absolute atomic E-state index is 0.152. The summed E-state index contributed by atoms with van der Waals surface area (Å²) in [6.45, 7) is 1.29. The van der Waals surface area contributed by atoms with Gasteiger partial charge in [0.25, 0.3) is 5.91 Å². The molecule has 0 atom stereocenters. The second kappa shape index (κ2) is 6.18. The summed E-state index contributed by atoms with van der Waals surface area (Å²) in [4.78, 5) is 18.9. The summed E-state index contributed by atoms with van der Waals surface area (Å²) < 4.78 is 35.6. The summed E-state index contributed by atoms with van der Waals surface area (Å²) >= 11 is 0. The van der Waals surface area contributed by atoms with E-state index in [9.17, 15) is 18.0 Å². The molecule has 2 N–H and O–H groups in total. The third-order valence-electron chi connectivity index (χ3n) is 1.89. The zero-order valence-electron chi connectivity index (χ0n) is 9.71. The Balaban J connectivity index is 2.54. The molecule has 0 unspecified atom stereocenters. The van der Waals surface area contributed by atoms with Crippen molar-refractivity contribution in [2.75, 3.05) is 18.4 Å². The number of amides is 1. The lowest BCUT2D eigenvalue weighted by Gasteiger charge is -2.08. The monoisotopic (exact) mass is 262 g/mol. The van der Waals surface area contributed by atoms with E-state index in [0.29, 0.717) is 12.4 Å². The SMILES string of the molecule is CCCNc1cnc(C(=O)NCC(F)(F)F)cn1. The lowest BCUT2D eigenvalue weighted by molar-refractivity contribution is -0.123. The van der Waals surface area contributed by atoms with Gasteiger partial charge in [-0.05, 0) is 6.42 Å². The number of hydrogen-bond acceptors (Lipinski definition) is 4. The molecular formula is C10H13F3N4O. The van der Waals surface area contributed by atoms with Crippen LogP contribution in [0.25, 0.3) is 0 Å². The molecule has 0 aliphatic carbocycles. The van der Waals surface area contributed by atoms with Gasteiger partial charge in [0, 0.05) is 6.54 Å². The lowest BCUT2D eigenvalue weighted by atomic mass is 10.4. The van der Waals surface area contributed by atoms with Crippen molar-refractivity contribution in [2.45, 2.75) is 19.5 Å². The maximum atomic E-state index is 11.9. The number of nitrogens with zero attached hydrogens (tertiary/aromatic N) is 2. The second-order valence-electron chi connectivity index (χ2n) is 3.51. The summed E-state index contributed by atoms with van der Waals surface area (Å²) in [7, 11) is 0. The lowest BCUT2D eigenvalue weighted by Crippen LogP contribution is -2.34. The number of carbonyl (C=O) groups is 1. The van der Waals surface area contributed by atoms with Gasteiger partial charge in [-0.15, -0.1) is 0 Å². The molecule has 1 aromatic rings. The molecule has 0 radical (unpaired) electrons. The van der Waals surface area contributed by atoms with Crippen LogP contribution in [0.4, 0.5) is 19.0 Å². The van der Waals surface area contributed by atoms with Gasteiger partial charge in [0.2, 0.25) is 0 Å². The van der Waals surface area contributed by atoms with Crippen LogP contribution in [0.15, 0.2) is 12.4 Å². The van der Waals surface area contributed by atoms with E-state index in [1.54, 1.807) is 5.32 Å². The first-order valence-electron chi connectivity index (χ1n) is 5.33. The molecule has 18 heavy (non-hydrogen) atoms. The Bertz CT molecular complexity index is 391. The van der Waals surface area contributed by atoms with Gasteiger partial charge >= 0.3 is 6.18 Å². The highest BCUT2D eigenvalue weighted by atomic mass is 19.4. The van der Waals surface area contributed by atoms with E-state index in [1.165, 1.54) is 6.20 Å². The largest absolute Gasteiger partial charge is 0.405 e. The van der Waals surface area contributed by atoms with Crippen LogP contribution in [0.5, 0.6) is 0 Å². The second-order valence-corrected chi connectivity index (χ2v) is 3.51. The van der Waals surface area contributed by atoms with E-state index in [0.717, 1.165) is 12.6 Å². The van der Waals surface area contributed by atoms with Crippen LogP contribution in [0.3, 0.4) is 0 Å². The van der Waals surface area contributed by atoms with Crippen LogP contribution in [0.1, 0.15) is 23.8 Å². The highest BCUT2D eigenvalue weighted by Gasteiger charge is 2.28. The Morgan fingerprint density at radius 3 is 2.56 bits per heavy atom. The van der Waals surface area contributed by atoms with E-state index in [-0.39, 0.29) is 5.69 Å². The van der Waals surface area contributed by atoms with Gasteiger partial charge in [0.1, 0.15) is 18.1 Å². The maximum absolute atomic E-state index is 11.9. The molecule has 0 fully saturated rings. The van der Waals surface area contributed by atoms with Crippen molar-refractivity contribution in [3.05, 3.63) is 18.1 Å². The highest BCUT2D eigenvalue weighted by molar-refractivity contribution is 5.92. The summed E-state index contributed by atoms with van der Waals surface area (Å²) in [6.07, 6.45) is -1.11. The smallest absolute Gasteiger partial charge is 0.369 e. The Kier molecular flexibility index (Phi) is 4.87. The standard InChI is InChI=1S/C10H13F3N4O/c1-2-3-14-8-5-15-7(4-16-8)9(18)17-6-10(11,12)13/h4-5H,2-3,6H2,1H3,(H,14,16)(H,17,18). The zero-order valence-corrected chi connectivity index (χ0v) is 9.71. The number of halogens is 3. The number of aromatic nitrogens is 2. The number of alkyl halides is 3. The molecule has 5 nitrogen and oxygen atoms in total. The molecule has 0 aliphatic rings. The van der Waals surface area contributed by atoms with E-state index < -0.39 is 18.6 Å². The van der Waals surface area contributed by atoms with E-state index in [4.69, 9.17) is 0 Å². The number of anilines is 1. The fraction of sp³-hybridized carbons (Fsp3) is 0.500. The van der Waals surface area contributed by atoms with E-state index in [1.807, 2.05) is 6.92 Å². The summed E-state index contributed by atoms with van der Waals surface area (Å²) in [5.41, 5.74) is -0.152. The summed E-state index contributed by atoms with van der Waals surface area (Å²) in [5.74, 6) is -0.425. The van der Waals surface area contributed by atoms with E-state index >= 15 is 0 Å². The van der Waals surface area contributed by atoms with Crippen LogP contribution in [0, 0.1) is 0 Å². The van der Waals surface area contributed by atoms with Crippen molar-refractivity contribution in [2.24, 2.45) is 0 Å². The van der Waals surface area contributed by atoms with Crippen molar-refractivity contribution in [3.63, 3.8) is 0 Å². The van der Waals surface area contributed by atoms with Crippen LogP contribution in [0.2, 0.25) is 0 Å². The van der Waals surface area contributed by atoms with Gasteiger partial charge in [0.05, 0.1) is 12.4 Å². The molecule has 0 aliphatic heterocycles. The first kappa shape index (κ1) is 14.2. The Morgan fingerprint density at radius 2 is 2.06 bits per heavy atom. The Labute approximate surface area is 102 Å². The third-order valence-corrected chi connectivity index (χ3v) is 1.89.